The van der Waals surface area contributed by atoms with Crippen molar-refractivity contribution in [1.29, 1.82) is 0 Å². The lowest BCUT2D eigenvalue weighted by atomic mass is 10.2. The van der Waals surface area contributed by atoms with E-state index in [1.54, 1.807) is 0 Å². The van der Waals surface area contributed by atoms with E-state index in [9.17, 15) is 26.7 Å². The van der Waals surface area contributed by atoms with Crippen molar-refractivity contribution < 1.29 is 31.5 Å². The molecule has 0 spiro atoms. The number of esters is 1. The van der Waals surface area contributed by atoms with Gasteiger partial charge in [0.25, 0.3) is 0 Å². The molecule has 112 valence electrons. The normalized spacial score (nSPS) is 21.8. The molecule has 0 bridgehead atoms. The zero-order valence-corrected chi connectivity index (χ0v) is 12.0. The van der Waals surface area contributed by atoms with Gasteiger partial charge in [0.2, 0.25) is 10.0 Å². The van der Waals surface area contributed by atoms with Crippen molar-refractivity contribution in [2.75, 3.05) is 25.2 Å². The van der Waals surface area contributed by atoms with Gasteiger partial charge in [-0.2, -0.15) is 0 Å². The fraction of sp³-hybridized carbons (Fsp3) is 0.889. The van der Waals surface area contributed by atoms with Crippen LogP contribution in [0.1, 0.15) is 12.8 Å². The van der Waals surface area contributed by atoms with Gasteiger partial charge in [0.1, 0.15) is 9.84 Å². The molecule has 2 N–H and O–H groups in total. The number of carbonyl (C=O) groups is 1. The Morgan fingerprint density at radius 3 is 2.42 bits per heavy atom. The largest absolute Gasteiger partial charge is 0.467 e. The molecular weight excluding hydrogens is 298 g/mol. The molecule has 1 rings (SSSR count). The number of ether oxygens (including phenoxy) is 1. The van der Waals surface area contributed by atoms with Crippen LogP contribution in [0, 0.1) is 0 Å². The predicted octanol–water partition coefficient (Wildman–Crippen LogP) is -1.98. The highest BCUT2D eigenvalue weighted by Gasteiger charge is 2.33. The molecule has 1 unspecified atom stereocenters. The standard InChI is InChI=1S/C9H17NO7S2/c1-17-9(12)8(11)6-10-19(15,16)7-2-4-18(13,14)5-3-7/h7-8,10-11H,2-6H2,1H3. The van der Waals surface area contributed by atoms with E-state index in [1.165, 1.54) is 0 Å². The average molecular weight is 315 g/mol. The molecule has 0 aromatic rings. The molecule has 19 heavy (non-hydrogen) atoms. The molecule has 1 fully saturated rings. The SMILES string of the molecule is COC(=O)C(O)CNS(=O)(=O)C1CCS(=O)(=O)CC1. The average Bonchev–Trinajstić information content (AvgIpc) is 2.34. The fourth-order valence-electron chi connectivity index (χ4n) is 1.71. The third kappa shape index (κ3) is 4.71. The molecule has 0 saturated carbocycles. The van der Waals surface area contributed by atoms with Gasteiger partial charge in [-0.05, 0) is 12.8 Å². The summed E-state index contributed by atoms with van der Waals surface area (Å²) in [5.74, 6) is -1.27. The third-order valence-electron chi connectivity index (χ3n) is 2.89. The van der Waals surface area contributed by atoms with Crippen LogP contribution in [0.4, 0.5) is 0 Å². The molecule has 10 heteroatoms. The first kappa shape index (κ1) is 16.3. The van der Waals surface area contributed by atoms with Crippen LogP contribution in [0.25, 0.3) is 0 Å². The lowest BCUT2D eigenvalue weighted by Crippen LogP contribution is -2.44. The van der Waals surface area contributed by atoms with E-state index in [0.29, 0.717) is 0 Å². The topological polar surface area (TPSA) is 127 Å². The maximum atomic E-state index is 11.8. The number of aliphatic hydroxyl groups excluding tert-OH is 1. The Hall–Kier alpha value is -0.710. The van der Waals surface area contributed by atoms with Crippen molar-refractivity contribution in [2.24, 2.45) is 0 Å². The van der Waals surface area contributed by atoms with Crippen LogP contribution in [0.3, 0.4) is 0 Å². The molecule has 1 atom stereocenters. The van der Waals surface area contributed by atoms with Crippen LogP contribution >= 0.6 is 0 Å². The summed E-state index contributed by atoms with van der Waals surface area (Å²) in [6, 6.07) is 0. The molecular formula is C9H17NO7S2. The number of nitrogens with one attached hydrogen (secondary N) is 1. The van der Waals surface area contributed by atoms with Crippen LogP contribution < -0.4 is 4.72 Å². The zero-order valence-electron chi connectivity index (χ0n) is 10.4. The number of hydrogen-bond acceptors (Lipinski definition) is 7. The highest BCUT2D eigenvalue weighted by atomic mass is 32.2. The molecule has 0 amide bonds. The molecule has 1 heterocycles. The molecule has 0 aromatic carbocycles. The smallest absolute Gasteiger partial charge is 0.336 e. The molecule has 0 aromatic heterocycles. The minimum absolute atomic E-state index is 0.0198. The van der Waals surface area contributed by atoms with Gasteiger partial charge in [-0.1, -0.05) is 0 Å². The Morgan fingerprint density at radius 1 is 1.42 bits per heavy atom. The van der Waals surface area contributed by atoms with Crippen LogP contribution in [-0.4, -0.2) is 64.4 Å². The van der Waals surface area contributed by atoms with E-state index in [-0.39, 0.29) is 24.3 Å². The Labute approximate surface area is 112 Å². The zero-order chi connectivity index (χ0) is 14.7. The second-order valence-corrected chi connectivity index (χ2v) is 8.63. The third-order valence-corrected chi connectivity index (χ3v) is 6.53. The molecule has 0 radical (unpaired) electrons. The Morgan fingerprint density at radius 2 is 1.95 bits per heavy atom. The second-order valence-electron chi connectivity index (χ2n) is 4.28. The summed E-state index contributed by atoms with van der Waals surface area (Å²) < 4.78 is 52.4. The number of carbonyl (C=O) groups excluding carboxylic acids is 1. The van der Waals surface area contributed by atoms with E-state index in [1.807, 2.05) is 0 Å². The van der Waals surface area contributed by atoms with E-state index < -0.39 is 43.7 Å². The minimum atomic E-state index is -3.75. The number of sulfone groups is 1. The first-order chi connectivity index (χ1) is 8.68. The van der Waals surface area contributed by atoms with E-state index in [0.717, 1.165) is 7.11 Å². The van der Waals surface area contributed by atoms with E-state index in [4.69, 9.17) is 0 Å². The van der Waals surface area contributed by atoms with Crippen molar-refractivity contribution in [1.82, 2.24) is 4.72 Å². The maximum Gasteiger partial charge on any atom is 0.336 e. The van der Waals surface area contributed by atoms with Crippen molar-refractivity contribution in [3.8, 4) is 0 Å². The molecule has 8 nitrogen and oxygen atoms in total. The lowest BCUT2D eigenvalue weighted by Gasteiger charge is -2.22. The first-order valence-corrected chi connectivity index (χ1v) is 8.99. The van der Waals surface area contributed by atoms with Gasteiger partial charge in [0.05, 0.1) is 23.9 Å². The van der Waals surface area contributed by atoms with Crippen molar-refractivity contribution in [3.63, 3.8) is 0 Å². The Balaban J connectivity index is 2.56. The summed E-state index contributed by atoms with van der Waals surface area (Å²) in [5, 5.41) is 8.45. The molecule has 1 saturated heterocycles. The van der Waals surface area contributed by atoms with Crippen molar-refractivity contribution >= 4 is 25.8 Å². The quantitative estimate of drug-likeness (QED) is 0.563. The number of hydrogen-bond donors (Lipinski definition) is 2. The Kier molecular flexibility index (Phi) is 5.30. The van der Waals surface area contributed by atoms with Gasteiger partial charge in [-0.25, -0.2) is 26.4 Å². The van der Waals surface area contributed by atoms with E-state index >= 15 is 0 Å². The van der Waals surface area contributed by atoms with Gasteiger partial charge < -0.3 is 9.84 Å². The summed E-state index contributed by atoms with van der Waals surface area (Å²) in [7, 11) is -5.82. The minimum Gasteiger partial charge on any atom is -0.467 e. The molecule has 0 aliphatic carbocycles. The monoisotopic (exact) mass is 315 g/mol. The van der Waals surface area contributed by atoms with Crippen molar-refractivity contribution in [2.45, 2.75) is 24.2 Å². The summed E-state index contributed by atoms with van der Waals surface area (Å²) in [6.07, 6.45) is -1.54. The number of rotatable bonds is 5. The first-order valence-electron chi connectivity index (χ1n) is 5.63. The van der Waals surface area contributed by atoms with Gasteiger partial charge in [-0.3, -0.25) is 0 Å². The maximum absolute atomic E-state index is 11.8. The van der Waals surface area contributed by atoms with Crippen LogP contribution in [-0.2, 0) is 29.4 Å². The van der Waals surface area contributed by atoms with Gasteiger partial charge in [-0.15, -0.1) is 0 Å². The van der Waals surface area contributed by atoms with Crippen LogP contribution in [0.2, 0.25) is 0 Å². The summed E-state index contributed by atoms with van der Waals surface area (Å²) in [6.45, 7) is -0.488. The van der Waals surface area contributed by atoms with Crippen molar-refractivity contribution in [3.05, 3.63) is 0 Å². The van der Waals surface area contributed by atoms with Gasteiger partial charge in [0.15, 0.2) is 6.10 Å². The second kappa shape index (κ2) is 6.16. The molecule has 1 aliphatic heterocycles. The Bertz CT molecular complexity index is 511. The van der Waals surface area contributed by atoms with E-state index in [2.05, 4.69) is 9.46 Å². The van der Waals surface area contributed by atoms with Gasteiger partial charge in [0, 0.05) is 6.54 Å². The summed E-state index contributed by atoms with van der Waals surface area (Å²) >= 11 is 0. The number of aliphatic hydroxyl groups is 1. The summed E-state index contributed by atoms with van der Waals surface area (Å²) in [5.41, 5.74) is 0. The van der Waals surface area contributed by atoms with Crippen LogP contribution in [0.5, 0.6) is 0 Å². The predicted molar refractivity (Wildman–Crippen MR) is 66.6 cm³/mol. The lowest BCUT2D eigenvalue weighted by molar-refractivity contribution is -0.149. The highest BCUT2D eigenvalue weighted by molar-refractivity contribution is 7.92. The number of methoxy groups -OCH3 is 1. The highest BCUT2D eigenvalue weighted by Crippen LogP contribution is 2.18. The van der Waals surface area contributed by atoms with Crippen LogP contribution in [0.15, 0.2) is 0 Å². The summed E-state index contributed by atoms with van der Waals surface area (Å²) in [4.78, 5) is 10.9. The number of sulfonamides is 1. The molecule has 1 aliphatic rings. The van der Waals surface area contributed by atoms with Gasteiger partial charge >= 0.3 is 5.97 Å². The fourth-order valence-corrected chi connectivity index (χ4v) is 4.98.